The Kier molecular flexibility index (Phi) is 7.97. The van der Waals surface area contributed by atoms with Crippen molar-refractivity contribution in [2.24, 2.45) is 0 Å². The van der Waals surface area contributed by atoms with Crippen molar-refractivity contribution in [3.8, 4) is 0 Å². The van der Waals surface area contributed by atoms with E-state index in [1.54, 1.807) is 23.1 Å². The molecule has 3 aromatic rings. The molecule has 1 amide bonds. The number of benzene rings is 2. The molecule has 0 aliphatic rings. The van der Waals surface area contributed by atoms with Crippen LogP contribution in [0.25, 0.3) is 0 Å². The average Bonchev–Trinajstić information content (AvgIpc) is 3.16. The van der Waals surface area contributed by atoms with E-state index in [2.05, 4.69) is 22.4 Å². The van der Waals surface area contributed by atoms with E-state index < -0.39 is 0 Å². The molecule has 1 N–H and O–H groups in total. The zero-order valence-electron chi connectivity index (χ0n) is 16.7. The Morgan fingerprint density at radius 2 is 1.62 bits per heavy atom. The lowest BCUT2D eigenvalue weighted by molar-refractivity contribution is -0.116. The molecule has 0 aliphatic carbocycles. The number of para-hydroxylation sites is 1. The lowest BCUT2D eigenvalue weighted by Gasteiger charge is -2.27. The number of hydrogen-bond donors (Lipinski definition) is 1. The minimum atomic E-state index is 0.0636. The fourth-order valence-electron chi connectivity index (χ4n) is 2.75. The summed E-state index contributed by atoms with van der Waals surface area (Å²) in [4.78, 5) is 14.7. The predicted molar refractivity (Wildman–Crippen MR) is 126 cm³/mol. The first-order valence-electron chi connectivity index (χ1n) is 9.40. The first-order valence-corrected chi connectivity index (χ1v) is 12.2. The van der Waals surface area contributed by atoms with Crippen LogP contribution >= 0.6 is 34.9 Å². The molecule has 3 rings (SSSR count). The number of nitrogens with zero attached hydrogens (tertiary/aromatic N) is 3. The number of rotatable bonds is 9. The fourth-order valence-corrected chi connectivity index (χ4v) is 5.53. The van der Waals surface area contributed by atoms with E-state index in [-0.39, 0.29) is 11.9 Å². The zero-order valence-corrected chi connectivity index (χ0v) is 19.1. The van der Waals surface area contributed by atoms with Gasteiger partial charge in [0.25, 0.3) is 0 Å². The first kappa shape index (κ1) is 21.7. The highest BCUT2D eigenvalue weighted by atomic mass is 32.2. The molecule has 0 radical (unpaired) electrons. The summed E-state index contributed by atoms with van der Waals surface area (Å²) in [5.74, 6) is 1.37. The van der Waals surface area contributed by atoms with Gasteiger partial charge in [0.15, 0.2) is 8.68 Å². The van der Waals surface area contributed by atoms with Crippen molar-refractivity contribution in [1.82, 2.24) is 10.2 Å². The lowest BCUT2D eigenvalue weighted by atomic mass is 10.2. The molecule has 152 valence electrons. The Morgan fingerprint density at radius 1 is 1.00 bits per heavy atom. The van der Waals surface area contributed by atoms with E-state index in [0.29, 0.717) is 5.75 Å². The lowest BCUT2D eigenvalue weighted by Crippen LogP contribution is -2.38. The smallest absolute Gasteiger partial charge is 0.237 e. The highest BCUT2D eigenvalue weighted by Gasteiger charge is 2.20. The number of aromatic nitrogens is 2. The van der Waals surface area contributed by atoms with Crippen LogP contribution in [0.1, 0.15) is 20.8 Å². The molecule has 0 saturated heterocycles. The van der Waals surface area contributed by atoms with Crippen LogP contribution in [0.2, 0.25) is 0 Å². The van der Waals surface area contributed by atoms with Gasteiger partial charge in [0, 0.05) is 23.1 Å². The SMILES string of the molecule is CCSc1nnc(SCC(=O)N(c2ccc(Nc3ccccc3)cc2)C(C)C)s1. The molecule has 0 saturated carbocycles. The van der Waals surface area contributed by atoms with Crippen molar-refractivity contribution >= 4 is 57.8 Å². The second kappa shape index (κ2) is 10.7. The first-order chi connectivity index (χ1) is 14.1. The predicted octanol–water partition coefficient (Wildman–Crippen LogP) is 5.93. The molecule has 1 heterocycles. The highest BCUT2D eigenvalue weighted by Crippen LogP contribution is 2.29. The summed E-state index contributed by atoms with van der Waals surface area (Å²) >= 11 is 4.66. The van der Waals surface area contributed by atoms with Crippen LogP contribution in [0.4, 0.5) is 17.1 Å². The van der Waals surface area contributed by atoms with Crippen molar-refractivity contribution in [2.45, 2.75) is 35.5 Å². The number of carbonyl (C=O) groups is 1. The standard InChI is InChI=1S/C21H24N4OS3/c1-4-27-20-23-24-21(29-20)28-14-19(26)25(15(2)3)18-12-10-17(11-13-18)22-16-8-6-5-7-9-16/h5-13,15,22H,4,14H2,1-3H3. The third-order valence-corrected chi connectivity index (χ3v) is 7.02. The van der Waals surface area contributed by atoms with Crippen LogP contribution in [0, 0.1) is 0 Å². The van der Waals surface area contributed by atoms with E-state index >= 15 is 0 Å². The number of hydrogen-bond acceptors (Lipinski definition) is 7. The maximum atomic E-state index is 12.9. The van der Waals surface area contributed by atoms with Gasteiger partial charge in [0.1, 0.15) is 0 Å². The maximum absolute atomic E-state index is 12.9. The molecule has 0 fully saturated rings. The molecular weight excluding hydrogens is 420 g/mol. The fraction of sp³-hybridized carbons (Fsp3) is 0.286. The molecule has 2 aromatic carbocycles. The van der Waals surface area contributed by atoms with Gasteiger partial charge in [0.2, 0.25) is 5.91 Å². The van der Waals surface area contributed by atoms with Crippen LogP contribution in [0.5, 0.6) is 0 Å². The summed E-state index contributed by atoms with van der Waals surface area (Å²) in [7, 11) is 0. The Labute approximate surface area is 184 Å². The summed E-state index contributed by atoms with van der Waals surface area (Å²) < 4.78 is 1.78. The van der Waals surface area contributed by atoms with Crippen LogP contribution in [-0.2, 0) is 4.79 Å². The van der Waals surface area contributed by atoms with Gasteiger partial charge in [-0.1, -0.05) is 60.0 Å². The molecule has 29 heavy (non-hydrogen) atoms. The van der Waals surface area contributed by atoms with E-state index in [9.17, 15) is 4.79 Å². The molecule has 1 aromatic heterocycles. The summed E-state index contributed by atoms with van der Waals surface area (Å²) in [5.41, 5.74) is 2.91. The largest absolute Gasteiger partial charge is 0.356 e. The molecule has 0 spiro atoms. The number of thioether (sulfide) groups is 2. The van der Waals surface area contributed by atoms with E-state index in [1.165, 1.54) is 11.8 Å². The molecule has 0 bridgehead atoms. The van der Waals surface area contributed by atoms with Crippen LogP contribution in [-0.4, -0.2) is 33.7 Å². The van der Waals surface area contributed by atoms with Crippen molar-refractivity contribution in [3.63, 3.8) is 0 Å². The van der Waals surface area contributed by atoms with Crippen molar-refractivity contribution < 1.29 is 4.79 Å². The van der Waals surface area contributed by atoms with E-state index in [1.807, 2.05) is 73.3 Å². The quantitative estimate of drug-likeness (QED) is 0.413. The van der Waals surface area contributed by atoms with Gasteiger partial charge in [-0.15, -0.1) is 10.2 Å². The number of nitrogens with one attached hydrogen (secondary N) is 1. The molecule has 0 aliphatic heterocycles. The summed E-state index contributed by atoms with van der Waals surface area (Å²) in [6.45, 7) is 6.14. The molecular formula is C21H24N4OS3. The Bertz CT molecular complexity index is 913. The molecule has 8 heteroatoms. The van der Waals surface area contributed by atoms with Crippen molar-refractivity contribution in [1.29, 1.82) is 0 Å². The number of carbonyl (C=O) groups excluding carboxylic acids is 1. The highest BCUT2D eigenvalue weighted by molar-refractivity contribution is 8.03. The topological polar surface area (TPSA) is 58.1 Å². The van der Waals surface area contributed by atoms with Gasteiger partial charge in [-0.3, -0.25) is 4.79 Å². The summed E-state index contributed by atoms with van der Waals surface area (Å²) in [6, 6.07) is 18.0. The van der Waals surface area contributed by atoms with E-state index in [0.717, 1.165) is 31.5 Å². The summed E-state index contributed by atoms with van der Waals surface area (Å²) in [5, 5.41) is 11.7. The second-order valence-corrected chi connectivity index (χ2v) is 10.2. The third kappa shape index (κ3) is 6.22. The average molecular weight is 445 g/mol. The van der Waals surface area contributed by atoms with Gasteiger partial charge in [-0.2, -0.15) is 0 Å². The monoisotopic (exact) mass is 444 g/mol. The van der Waals surface area contributed by atoms with Gasteiger partial charge in [-0.05, 0) is 56.0 Å². The van der Waals surface area contributed by atoms with Gasteiger partial charge < -0.3 is 10.2 Å². The molecule has 5 nitrogen and oxygen atoms in total. The minimum absolute atomic E-state index is 0.0636. The van der Waals surface area contributed by atoms with Crippen LogP contribution in [0.15, 0.2) is 63.3 Å². The Balaban J connectivity index is 1.64. The Morgan fingerprint density at radius 3 is 2.24 bits per heavy atom. The van der Waals surface area contributed by atoms with Crippen LogP contribution in [0.3, 0.4) is 0 Å². The number of amides is 1. The van der Waals surface area contributed by atoms with Gasteiger partial charge >= 0.3 is 0 Å². The normalized spacial score (nSPS) is 10.9. The minimum Gasteiger partial charge on any atom is -0.356 e. The van der Waals surface area contributed by atoms with Gasteiger partial charge in [-0.25, -0.2) is 0 Å². The van der Waals surface area contributed by atoms with E-state index in [4.69, 9.17) is 0 Å². The van der Waals surface area contributed by atoms with Crippen LogP contribution < -0.4 is 10.2 Å². The second-order valence-electron chi connectivity index (χ2n) is 6.45. The number of anilines is 3. The van der Waals surface area contributed by atoms with Crippen molar-refractivity contribution in [3.05, 3.63) is 54.6 Å². The third-order valence-electron chi connectivity index (χ3n) is 3.97. The van der Waals surface area contributed by atoms with Crippen molar-refractivity contribution in [2.75, 3.05) is 21.7 Å². The summed E-state index contributed by atoms with van der Waals surface area (Å²) in [6.07, 6.45) is 0. The molecule has 0 atom stereocenters. The maximum Gasteiger partial charge on any atom is 0.237 e. The zero-order chi connectivity index (χ0) is 20.6. The Hall–Kier alpha value is -2.03. The van der Waals surface area contributed by atoms with Gasteiger partial charge in [0.05, 0.1) is 5.75 Å². The molecule has 0 unspecified atom stereocenters.